The van der Waals surface area contributed by atoms with Crippen LogP contribution in [-0.2, 0) is 19.7 Å². The van der Waals surface area contributed by atoms with Gasteiger partial charge >= 0.3 is 0 Å². The zero-order valence-corrected chi connectivity index (χ0v) is 21.7. The van der Waals surface area contributed by atoms with Crippen LogP contribution in [0.4, 0.5) is 5.69 Å². The van der Waals surface area contributed by atoms with Crippen LogP contribution in [0.5, 0.6) is 0 Å². The summed E-state index contributed by atoms with van der Waals surface area (Å²) in [6.07, 6.45) is 1.50. The fourth-order valence-corrected chi connectivity index (χ4v) is 6.68. The highest BCUT2D eigenvalue weighted by molar-refractivity contribution is 7.91. The summed E-state index contributed by atoms with van der Waals surface area (Å²) in [6, 6.07) is 14.1. The highest BCUT2D eigenvalue weighted by Crippen LogP contribution is 2.25. The van der Waals surface area contributed by atoms with Gasteiger partial charge in [0.2, 0.25) is 0 Å². The molecule has 1 aromatic heterocycles. The van der Waals surface area contributed by atoms with Gasteiger partial charge in [0.25, 0.3) is 11.8 Å². The van der Waals surface area contributed by atoms with Crippen molar-refractivity contribution in [1.29, 1.82) is 0 Å². The Kier molecular flexibility index (Phi) is 6.80. The molecular weight excluding hydrogens is 502 g/mol. The maximum atomic E-state index is 13.1. The minimum Gasteiger partial charge on any atom is -0.348 e. The first-order chi connectivity index (χ1) is 16.9. The molecule has 0 spiro atoms. The van der Waals surface area contributed by atoms with Gasteiger partial charge in [0, 0.05) is 29.4 Å². The summed E-state index contributed by atoms with van der Waals surface area (Å²) < 4.78 is 48.7. The van der Waals surface area contributed by atoms with Crippen LogP contribution >= 0.6 is 0 Å². The van der Waals surface area contributed by atoms with Crippen LogP contribution in [0.15, 0.2) is 59.5 Å². The number of nitrogens with zero attached hydrogens (tertiary/aromatic N) is 1. The fourth-order valence-electron chi connectivity index (χ4n) is 4.38. The lowest BCUT2D eigenvalue weighted by Gasteiger charge is -2.17. The van der Waals surface area contributed by atoms with Crippen LogP contribution in [0.1, 0.15) is 38.5 Å². The third-order valence-corrected chi connectivity index (χ3v) is 9.07. The van der Waals surface area contributed by atoms with Crippen molar-refractivity contribution in [2.24, 2.45) is 0 Å². The van der Waals surface area contributed by atoms with E-state index in [1.54, 1.807) is 37.3 Å². The fraction of sp³-hybridized carbons (Fsp3) is 0.280. The van der Waals surface area contributed by atoms with Gasteiger partial charge in [-0.1, -0.05) is 12.1 Å². The van der Waals surface area contributed by atoms with E-state index < -0.39 is 25.7 Å². The quantitative estimate of drug-likeness (QED) is 0.505. The second kappa shape index (κ2) is 9.55. The molecule has 11 heteroatoms. The molecule has 2 heterocycles. The lowest BCUT2D eigenvalue weighted by Crippen LogP contribution is -2.36. The van der Waals surface area contributed by atoms with E-state index in [0.29, 0.717) is 34.6 Å². The van der Waals surface area contributed by atoms with Crippen molar-refractivity contribution in [2.45, 2.75) is 31.2 Å². The van der Waals surface area contributed by atoms with E-state index in [0.717, 1.165) is 11.9 Å². The summed E-state index contributed by atoms with van der Waals surface area (Å²) in [5.74, 6) is -0.764. The van der Waals surface area contributed by atoms with Gasteiger partial charge < -0.3 is 15.2 Å². The van der Waals surface area contributed by atoms with Gasteiger partial charge in [0.1, 0.15) is 0 Å². The average Bonchev–Trinajstić information content (AvgIpc) is 3.30. The van der Waals surface area contributed by atoms with E-state index in [1.165, 1.54) is 24.3 Å². The monoisotopic (exact) mass is 529 g/mol. The molecule has 36 heavy (non-hydrogen) atoms. The SMILES string of the molecule is Cc1cc(C(=O)Nc2ccc(S(C)(=O)=O)cc2)c(C)n1-c1ccccc1C(=O)NC1CCS(=O)(=O)C1. The summed E-state index contributed by atoms with van der Waals surface area (Å²) >= 11 is 0. The first-order valence-electron chi connectivity index (χ1n) is 11.3. The average molecular weight is 530 g/mol. The topological polar surface area (TPSA) is 131 Å². The first kappa shape index (κ1) is 25.6. The van der Waals surface area contributed by atoms with Crippen LogP contribution in [0.2, 0.25) is 0 Å². The molecule has 190 valence electrons. The van der Waals surface area contributed by atoms with Gasteiger partial charge in [-0.2, -0.15) is 0 Å². The van der Waals surface area contributed by atoms with Crippen molar-refractivity contribution in [3.8, 4) is 5.69 Å². The maximum Gasteiger partial charge on any atom is 0.257 e. The lowest BCUT2D eigenvalue weighted by atomic mass is 10.1. The zero-order valence-electron chi connectivity index (χ0n) is 20.1. The number of aryl methyl sites for hydroxylation is 1. The van der Waals surface area contributed by atoms with Crippen molar-refractivity contribution in [2.75, 3.05) is 23.1 Å². The van der Waals surface area contributed by atoms with Crippen LogP contribution in [0.25, 0.3) is 5.69 Å². The van der Waals surface area contributed by atoms with Crippen molar-refractivity contribution >= 4 is 37.2 Å². The Morgan fingerprint density at radius 3 is 2.25 bits per heavy atom. The van der Waals surface area contributed by atoms with E-state index in [-0.39, 0.29) is 28.2 Å². The molecule has 0 aliphatic carbocycles. The number of sulfone groups is 2. The minimum absolute atomic E-state index is 0.0604. The number of aromatic nitrogens is 1. The van der Waals surface area contributed by atoms with Crippen molar-refractivity contribution in [3.63, 3.8) is 0 Å². The van der Waals surface area contributed by atoms with Crippen LogP contribution in [0, 0.1) is 13.8 Å². The Balaban J connectivity index is 1.60. The molecule has 1 aliphatic rings. The first-order valence-corrected chi connectivity index (χ1v) is 15.0. The number of amides is 2. The molecule has 1 atom stereocenters. The highest BCUT2D eigenvalue weighted by Gasteiger charge is 2.30. The molecule has 1 aliphatic heterocycles. The summed E-state index contributed by atoms with van der Waals surface area (Å²) in [4.78, 5) is 26.3. The van der Waals surface area contributed by atoms with Crippen molar-refractivity contribution in [3.05, 3.63) is 77.1 Å². The predicted octanol–water partition coefficient (Wildman–Crippen LogP) is 2.67. The molecule has 2 amide bonds. The number of benzene rings is 2. The number of para-hydroxylation sites is 1. The molecule has 0 radical (unpaired) electrons. The number of carbonyl (C=O) groups is 2. The Morgan fingerprint density at radius 2 is 1.64 bits per heavy atom. The molecule has 3 aromatic rings. The third-order valence-electron chi connectivity index (χ3n) is 6.17. The molecule has 1 fully saturated rings. The van der Waals surface area contributed by atoms with E-state index in [4.69, 9.17) is 0 Å². The molecular formula is C25H27N3O6S2. The normalized spacial score (nSPS) is 17.0. The smallest absolute Gasteiger partial charge is 0.257 e. The summed E-state index contributed by atoms with van der Waals surface area (Å²) in [6.45, 7) is 3.59. The van der Waals surface area contributed by atoms with Gasteiger partial charge in [0.05, 0.1) is 33.2 Å². The number of hydrogen-bond donors (Lipinski definition) is 2. The number of rotatable bonds is 6. The van der Waals surface area contributed by atoms with Crippen molar-refractivity contribution < 1.29 is 26.4 Å². The largest absolute Gasteiger partial charge is 0.348 e. The Labute approximate surface area is 210 Å². The van der Waals surface area contributed by atoms with Gasteiger partial charge in [-0.05, 0) is 62.7 Å². The van der Waals surface area contributed by atoms with E-state index in [9.17, 15) is 26.4 Å². The third kappa shape index (κ3) is 5.36. The second-order valence-electron chi connectivity index (χ2n) is 8.96. The molecule has 1 unspecified atom stereocenters. The zero-order chi connectivity index (χ0) is 26.3. The van der Waals surface area contributed by atoms with Gasteiger partial charge in [-0.25, -0.2) is 16.8 Å². The number of anilines is 1. The molecule has 4 rings (SSSR count). The Hall–Kier alpha value is -3.44. The van der Waals surface area contributed by atoms with E-state index in [2.05, 4.69) is 10.6 Å². The van der Waals surface area contributed by atoms with E-state index in [1.807, 2.05) is 11.5 Å². The van der Waals surface area contributed by atoms with Crippen molar-refractivity contribution in [1.82, 2.24) is 9.88 Å². The summed E-state index contributed by atoms with van der Waals surface area (Å²) in [5, 5.41) is 5.60. The van der Waals surface area contributed by atoms with Gasteiger partial charge in [-0.15, -0.1) is 0 Å². The molecule has 9 nitrogen and oxygen atoms in total. The molecule has 1 saturated heterocycles. The Morgan fingerprint density at radius 1 is 0.972 bits per heavy atom. The summed E-state index contributed by atoms with van der Waals surface area (Å²) in [5.41, 5.74) is 3.13. The Bertz CT molecular complexity index is 1560. The molecule has 2 N–H and O–H groups in total. The van der Waals surface area contributed by atoms with E-state index >= 15 is 0 Å². The molecule has 0 bridgehead atoms. The maximum absolute atomic E-state index is 13.1. The number of hydrogen-bond acceptors (Lipinski definition) is 6. The number of carbonyl (C=O) groups excluding carboxylic acids is 2. The van der Waals surface area contributed by atoms with Gasteiger partial charge in [-0.3, -0.25) is 9.59 Å². The molecule has 2 aromatic carbocycles. The minimum atomic E-state index is -3.34. The predicted molar refractivity (Wildman–Crippen MR) is 137 cm³/mol. The summed E-state index contributed by atoms with van der Waals surface area (Å²) in [7, 11) is -6.48. The van der Waals surface area contributed by atoms with Crippen LogP contribution < -0.4 is 10.6 Å². The van der Waals surface area contributed by atoms with Gasteiger partial charge in [0.15, 0.2) is 19.7 Å². The number of nitrogens with one attached hydrogen (secondary N) is 2. The lowest BCUT2D eigenvalue weighted by molar-refractivity contribution is 0.0940. The van der Waals surface area contributed by atoms with Crippen LogP contribution in [0.3, 0.4) is 0 Å². The van der Waals surface area contributed by atoms with Crippen LogP contribution in [-0.4, -0.2) is 57.0 Å². The molecule has 0 saturated carbocycles. The second-order valence-corrected chi connectivity index (χ2v) is 13.2. The standard InChI is InChI=1S/C25H27N3O6S2/c1-16-14-22(25(30)26-18-8-10-20(11-9-18)35(3,31)32)17(2)28(16)23-7-5-4-6-21(23)24(29)27-19-12-13-36(33,34)15-19/h4-11,14,19H,12-13,15H2,1-3H3,(H,26,30)(H,27,29). The highest BCUT2D eigenvalue weighted by atomic mass is 32.2.